The maximum absolute atomic E-state index is 5.71. The molecule has 0 saturated carbocycles. The molecule has 0 heterocycles. The summed E-state index contributed by atoms with van der Waals surface area (Å²) in [5, 5.41) is 0. The van der Waals surface area contributed by atoms with Crippen LogP contribution in [-0.4, -0.2) is 6.54 Å². The number of nitrogens with two attached hydrogens (primary N) is 1. The first kappa shape index (κ1) is 14.5. The molecule has 0 fully saturated rings. The van der Waals surface area contributed by atoms with Gasteiger partial charge >= 0.3 is 0 Å². The first-order valence-electron chi connectivity index (χ1n) is 4.74. The highest BCUT2D eigenvalue weighted by Crippen LogP contribution is 2.24. The van der Waals surface area contributed by atoms with Gasteiger partial charge in [0.1, 0.15) is 0 Å². The van der Waals surface area contributed by atoms with Crippen LogP contribution in [0.4, 0.5) is 0 Å². The molecule has 0 radical (unpaired) electrons. The zero-order valence-electron chi connectivity index (χ0n) is 9.03. The maximum Gasteiger partial charge on any atom is 0.0154 e. The molecule has 0 amide bonds. The van der Waals surface area contributed by atoms with Crippen LogP contribution in [0.1, 0.15) is 24.0 Å². The molecule has 0 saturated heterocycles. The normalized spacial score (nSPS) is 13.2. The van der Waals surface area contributed by atoms with Crippen molar-refractivity contribution >= 4 is 24.0 Å². The van der Waals surface area contributed by atoms with Crippen LogP contribution in [0.25, 0.3) is 0 Å². The van der Waals surface area contributed by atoms with E-state index in [9.17, 15) is 0 Å². The highest BCUT2D eigenvalue weighted by Gasteiger charge is 2.09. The summed E-state index contributed by atoms with van der Waals surface area (Å²) < 4.78 is 0. The summed E-state index contributed by atoms with van der Waals surface area (Å²) in [6, 6.07) is 8.42. The Morgan fingerprint density at radius 3 is 2.67 bits per heavy atom. The third-order valence-corrected chi connectivity index (χ3v) is 2.75. The van der Waals surface area contributed by atoms with Gasteiger partial charge in [-0.05, 0) is 18.1 Å². The summed E-state index contributed by atoms with van der Waals surface area (Å²) >= 11 is 5.71. The SMILES string of the molecule is Cc1cccc(C(C)C(=CCl)CN)c1.Cl. The number of rotatable bonds is 3. The lowest BCUT2D eigenvalue weighted by Crippen LogP contribution is -2.09. The minimum absolute atomic E-state index is 0. The van der Waals surface area contributed by atoms with E-state index in [1.807, 2.05) is 0 Å². The van der Waals surface area contributed by atoms with Crippen LogP contribution in [0, 0.1) is 6.92 Å². The van der Waals surface area contributed by atoms with Gasteiger partial charge in [-0.2, -0.15) is 0 Å². The van der Waals surface area contributed by atoms with Gasteiger partial charge in [0.25, 0.3) is 0 Å². The van der Waals surface area contributed by atoms with E-state index in [1.165, 1.54) is 11.1 Å². The van der Waals surface area contributed by atoms with Gasteiger partial charge in [-0.15, -0.1) is 12.4 Å². The first-order valence-corrected chi connectivity index (χ1v) is 5.18. The Labute approximate surface area is 103 Å². The van der Waals surface area contributed by atoms with E-state index in [-0.39, 0.29) is 12.4 Å². The van der Waals surface area contributed by atoms with Crippen LogP contribution >= 0.6 is 24.0 Å². The molecule has 2 N–H and O–H groups in total. The molecule has 0 aromatic heterocycles. The van der Waals surface area contributed by atoms with Gasteiger partial charge in [0, 0.05) is 18.0 Å². The zero-order chi connectivity index (χ0) is 10.6. The monoisotopic (exact) mass is 245 g/mol. The molecule has 0 aliphatic carbocycles. The minimum atomic E-state index is 0. The Hall–Kier alpha value is -0.500. The second kappa shape index (κ2) is 6.89. The van der Waals surface area contributed by atoms with Crippen molar-refractivity contribution in [3.63, 3.8) is 0 Å². The van der Waals surface area contributed by atoms with E-state index >= 15 is 0 Å². The van der Waals surface area contributed by atoms with Crippen molar-refractivity contribution in [1.29, 1.82) is 0 Å². The number of halogens is 2. The van der Waals surface area contributed by atoms with Gasteiger partial charge in [-0.1, -0.05) is 48.4 Å². The first-order chi connectivity index (χ1) is 6.69. The highest BCUT2D eigenvalue weighted by molar-refractivity contribution is 6.25. The third kappa shape index (κ3) is 3.86. The summed E-state index contributed by atoms with van der Waals surface area (Å²) in [4.78, 5) is 0. The van der Waals surface area contributed by atoms with Crippen LogP contribution in [0.2, 0.25) is 0 Å². The molecule has 15 heavy (non-hydrogen) atoms. The molecule has 1 nitrogen and oxygen atoms in total. The molecule has 1 rings (SSSR count). The van der Waals surface area contributed by atoms with Gasteiger partial charge in [0.2, 0.25) is 0 Å². The zero-order valence-corrected chi connectivity index (χ0v) is 10.6. The molecule has 0 bridgehead atoms. The van der Waals surface area contributed by atoms with Gasteiger partial charge in [0.15, 0.2) is 0 Å². The van der Waals surface area contributed by atoms with Gasteiger partial charge in [0.05, 0.1) is 0 Å². The van der Waals surface area contributed by atoms with Crippen molar-refractivity contribution in [2.45, 2.75) is 19.8 Å². The average Bonchev–Trinajstić information content (AvgIpc) is 2.19. The van der Waals surface area contributed by atoms with Crippen molar-refractivity contribution in [2.24, 2.45) is 5.73 Å². The summed E-state index contributed by atoms with van der Waals surface area (Å²) in [6.07, 6.45) is 0. The van der Waals surface area contributed by atoms with Crippen molar-refractivity contribution in [3.8, 4) is 0 Å². The summed E-state index contributed by atoms with van der Waals surface area (Å²) in [5.41, 5.74) is 10.8. The van der Waals surface area contributed by atoms with E-state index < -0.39 is 0 Å². The molecule has 3 heteroatoms. The number of hydrogen-bond donors (Lipinski definition) is 1. The van der Waals surface area contributed by atoms with Crippen molar-refractivity contribution in [1.82, 2.24) is 0 Å². The molecular weight excluding hydrogens is 229 g/mol. The van der Waals surface area contributed by atoms with Crippen LogP contribution < -0.4 is 5.73 Å². The Morgan fingerprint density at radius 1 is 1.53 bits per heavy atom. The van der Waals surface area contributed by atoms with Crippen LogP contribution in [0.15, 0.2) is 35.4 Å². The van der Waals surface area contributed by atoms with Crippen LogP contribution in [0.3, 0.4) is 0 Å². The van der Waals surface area contributed by atoms with Gasteiger partial charge in [-0.3, -0.25) is 0 Å². The maximum atomic E-state index is 5.71. The second-order valence-electron chi connectivity index (χ2n) is 3.52. The molecule has 1 atom stereocenters. The molecule has 1 aromatic carbocycles. The standard InChI is InChI=1S/C12H16ClN.ClH/c1-9-4-3-5-11(6-9)10(2)12(7-13)8-14;/h3-7,10H,8,14H2,1-2H3;1H. The average molecular weight is 246 g/mol. The lowest BCUT2D eigenvalue weighted by Gasteiger charge is -2.14. The highest BCUT2D eigenvalue weighted by atomic mass is 35.5. The number of aryl methyl sites for hydroxylation is 1. The largest absolute Gasteiger partial charge is 0.327 e. The van der Waals surface area contributed by atoms with E-state index in [2.05, 4.69) is 38.1 Å². The molecular formula is C12H17Cl2N. The van der Waals surface area contributed by atoms with Crippen LogP contribution in [0.5, 0.6) is 0 Å². The Balaban J connectivity index is 0.00000196. The topological polar surface area (TPSA) is 26.0 Å². The predicted molar refractivity (Wildman–Crippen MR) is 69.8 cm³/mol. The van der Waals surface area contributed by atoms with E-state index in [4.69, 9.17) is 17.3 Å². The lowest BCUT2D eigenvalue weighted by molar-refractivity contribution is 0.858. The van der Waals surface area contributed by atoms with Crippen molar-refractivity contribution in [2.75, 3.05) is 6.54 Å². The molecule has 1 unspecified atom stereocenters. The van der Waals surface area contributed by atoms with Gasteiger partial charge < -0.3 is 5.73 Å². The fraction of sp³-hybridized carbons (Fsp3) is 0.333. The van der Waals surface area contributed by atoms with E-state index in [1.54, 1.807) is 5.54 Å². The minimum Gasteiger partial charge on any atom is -0.327 e. The Kier molecular flexibility index (Phi) is 6.66. The Bertz CT molecular complexity index is 334. The molecule has 0 aliphatic heterocycles. The quantitative estimate of drug-likeness (QED) is 0.866. The second-order valence-corrected chi connectivity index (χ2v) is 3.74. The molecule has 0 spiro atoms. The summed E-state index contributed by atoms with van der Waals surface area (Å²) in [5.74, 6) is 0.303. The molecule has 84 valence electrons. The number of benzene rings is 1. The smallest absolute Gasteiger partial charge is 0.0154 e. The van der Waals surface area contributed by atoms with Crippen LogP contribution in [-0.2, 0) is 0 Å². The third-order valence-electron chi connectivity index (χ3n) is 2.47. The molecule has 0 aliphatic rings. The fourth-order valence-electron chi connectivity index (χ4n) is 1.47. The van der Waals surface area contributed by atoms with Crippen molar-refractivity contribution in [3.05, 3.63) is 46.5 Å². The summed E-state index contributed by atoms with van der Waals surface area (Å²) in [6.45, 7) is 4.72. The van der Waals surface area contributed by atoms with E-state index in [0.717, 1.165) is 5.57 Å². The molecule has 1 aromatic rings. The van der Waals surface area contributed by atoms with E-state index in [0.29, 0.717) is 12.5 Å². The summed E-state index contributed by atoms with van der Waals surface area (Å²) in [7, 11) is 0. The lowest BCUT2D eigenvalue weighted by atomic mass is 9.93. The van der Waals surface area contributed by atoms with Crippen molar-refractivity contribution < 1.29 is 0 Å². The number of hydrogen-bond acceptors (Lipinski definition) is 1. The fourth-order valence-corrected chi connectivity index (χ4v) is 1.75. The Morgan fingerprint density at radius 2 is 2.20 bits per heavy atom. The predicted octanol–water partition coefficient (Wildman–Crippen LogP) is 3.60. The van der Waals surface area contributed by atoms with Gasteiger partial charge in [-0.25, -0.2) is 0 Å².